The van der Waals surface area contributed by atoms with E-state index in [4.69, 9.17) is 0 Å². The van der Waals surface area contributed by atoms with Gasteiger partial charge in [0.25, 0.3) is 0 Å². The predicted molar refractivity (Wildman–Crippen MR) is 86.5 cm³/mol. The van der Waals surface area contributed by atoms with Crippen LogP contribution in [0.4, 0.5) is 10.5 Å². The number of hydrogen-bond donors (Lipinski definition) is 1. The molecule has 2 heterocycles. The minimum atomic E-state index is 0.0183. The van der Waals surface area contributed by atoms with Gasteiger partial charge in [-0.15, -0.1) is 0 Å². The van der Waals surface area contributed by atoms with E-state index in [0.29, 0.717) is 11.8 Å². The molecule has 1 aromatic carbocycles. The van der Waals surface area contributed by atoms with Crippen LogP contribution in [0.3, 0.4) is 0 Å². The minimum absolute atomic E-state index is 0.0183. The van der Waals surface area contributed by atoms with Gasteiger partial charge in [0.15, 0.2) is 0 Å². The number of para-hydroxylation sites is 1. The van der Waals surface area contributed by atoms with Crippen LogP contribution in [-0.4, -0.2) is 28.6 Å². The fourth-order valence-electron chi connectivity index (χ4n) is 3.46. The fourth-order valence-corrected chi connectivity index (χ4v) is 3.46. The predicted octanol–water partition coefficient (Wildman–Crippen LogP) is 3.69. The largest absolute Gasteiger partial charge is 0.348 e. The number of nitrogens with zero attached hydrogens (tertiary/aromatic N) is 2. The van der Waals surface area contributed by atoms with Crippen LogP contribution >= 0.6 is 0 Å². The molecule has 0 bridgehead atoms. The molecule has 112 valence electrons. The highest BCUT2D eigenvalue weighted by molar-refractivity contribution is 6.01. The number of nitrogens with one attached hydrogen (secondary N) is 1. The third kappa shape index (κ3) is 2.75. The lowest BCUT2D eigenvalue weighted by atomic mass is 9.92. The van der Waals surface area contributed by atoms with E-state index in [2.05, 4.69) is 25.2 Å². The summed E-state index contributed by atoms with van der Waals surface area (Å²) in [5.41, 5.74) is 2.03. The maximum Gasteiger partial charge on any atom is 0.321 e. The Morgan fingerprint density at radius 2 is 1.86 bits per heavy atom. The number of aryl methyl sites for hydroxylation is 1. The van der Waals surface area contributed by atoms with Crippen molar-refractivity contribution in [2.24, 2.45) is 18.9 Å². The molecule has 2 atom stereocenters. The van der Waals surface area contributed by atoms with Gasteiger partial charge in [0.2, 0.25) is 0 Å². The van der Waals surface area contributed by atoms with Crippen molar-refractivity contribution in [2.45, 2.75) is 20.3 Å². The van der Waals surface area contributed by atoms with Crippen molar-refractivity contribution in [2.75, 3.05) is 18.4 Å². The van der Waals surface area contributed by atoms with E-state index < -0.39 is 0 Å². The van der Waals surface area contributed by atoms with Crippen LogP contribution in [0.25, 0.3) is 10.9 Å². The Bertz CT molecular complexity index is 651. The van der Waals surface area contributed by atoms with Crippen LogP contribution < -0.4 is 5.32 Å². The Labute approximate surface area is 125 Å². The molecule has 1 aromatic heterocycles. The zero-order valence-electron chi connectivity index (χ0n) is 13.0. The molecule has 1 aliphatic rings. The summed E-state index contributed by atoms with van der Waals surface area (Å²) >= 11 is 0. The number of urea groups is 1. The van der Waals surface area contributed by atoms with Gasteiger partial charge in [-0.25, -0.2) is 4.79 Å². The van der Waals surface area contributed by atoms with Crippen molar-refractivity contribution >= 4 is 22.6 Å². The Hall–Kier alpha value is -1.97. The summed E-state index contributed by atoms with van der Waals surface area (Å²) < 4.78 is 2.05. The van der Waals surface area contributed by atoms with Crippen LogP contribution in [0.5, 0.6) is 0 Å². The third-order valence-electron chi connectivity index (χ3n) is 4.29. The van der Waals surface area contributed by atoms with Crippen molar-refractivity contribution < 1.29 is 4.79 Å². The number of fused-ring (bicyclic) bond motifs is 1. The van der Waals surface area contributed by atoms with Crippen molar-refractivity contribution in [1.82, 2.24) is 9.47 Å². The zero-order chi connectivity index (χ0) is 15.0. The number of amides is 2. The molecule has 0 spiro atoms. The first kappa shape index (κ1) is 14.0. The number of aromatic nitrogens is 1. The van der Waals surface area contributed by atoms with Crippen LogP contribution in [0.2, 0.25) is 0 Å². The van der Waals surface area contributed by atoms with Crippen molar-refractivity contribution in [3.63, 3.8) is 0 Å². The molecule has 1 aliphatic heterocycles. The lowest BCUT2D eigenvalue weighted by Gasteiger charge is -2.34. The Balaban J connectivity index is 1.80. The SMILES string of the molecule is C[C@@H]1C[C@@H](C)CN(C(=O)Nc2cn(C)c3ccccc23)C1. The number of hydrogen-bond acceptors (Lipinski definition) is 1. The summed E-state index contributed by atoms with van der Waals surface area (Å²) in [6.07, 6.45) is 3.19. The van der Waals surface area contributed by atoms with Crippen molar-refractivity contribution in [1.29, 1.82) is 0 Å². The van der Waals surface area contributed by atoms with E-state index in [9.17, 15) is 4.79 Å². The summed E-state index contributed by atoms with van der Waals surface area (Å²) in [6.45, 7) is 6.13. The first-order valence-electron chi connectivity index (χ1n) is 7.64. The van der Waals surface area contributed by atoms with Gasteiger partial charge in [-0.3, -0.25) is 0 Å². The third-order valence-corrected chi connectivity index (χ3v) is 4.29. The fraction of sp³-hybridized carbons (Fsp3) is 0.471. The number of carbonyl (C=O) groups is 1. The van der Waals surface area contributed by atoms with Gasteiger partial charge in [0, 0.05) is 37.2 Å². The second-order valence-electron chi connectivity index (χ2n) is 6.45. The molecule has 1 fully saturated rings. The summed E-state index contributed by atoms with van der Waals surface area (Å²) in [5, 5.41) is 4.17. The van der Waals surface area contributed by atoms with E-state index in [0.717, 1.165) is 29.7 Å². The summed E-state index contributed by atoms with van der Waals surface area (Å²) in [7, 11) is 2.00. The molecule has 1 N–H and O–H groups in total. The zero-order valence-corrected chi connectivity index (χ0v) is 13.0. The maximum absolute atomic E-state index is 12.5. The monoisotopic (exact) mass is 285 g/mol. The number of carbonyl (C=O) groups excluding carboxylic acids is 1. The van der Waals surface area contributed by atoms with Crippen LogP contribution in [0.1, 0.15) is 20.3 Å². The van der Waals surface area contributed by atoms with E-state index >= 15 is 0 Å². The van der Waals surface area contributed by atoms with E-state index in [-0.39, 0.29) is 6.03 Å². The molecule has 0 aliphatic carbocycles. The van der Waals surface area contributed by atoms with Crippen molar-refractivity contribution in [3.05, 3.63) is 30.5 Å². The maximum atomic E-state index is 12.5. The second kappa shape index (κ2) is 5.43. The van der Waals surface area contributed by atoms with Crippen molar-refractivity contribution in [3.8, 4) is 0 Å². The summed E-state index contributed by atoms with van der Waals surface area (Å²) in [4.78, 5) is 14.5. The van der Waals surface area contributed by atoms with Gasteiger partial charge in [-0.1, -0.05) is 32.0 Å². The number of piperidine rings is 1. The Kier molecular flexibility index (Phi) is 3.62. The standard InChI is InChI=1S/C17H23N3O/c1-12-8-13(2)10-20(9-12)17(21)18-15-11-19(3)16-7-5-4-6-14(15)16/h4-7,11-13H,8-10H2,1-3H3,(H,18,21)/t12-,13-/m1/s1. The molecule has 4 nitrogen and oxygen atoms in total. The smallest absolute Gasteiger partial charge is 0.321 e. The van der Waals surface area contributed by atoms with Gasteiger partial charge in [-0.05, 0) is 24.3 Å². The molecule has 0 radical (unpaired) electrons. The van der Waals surface area contributed by atoms with E-state index in [1.807, 2.05) is 40.9 Å². The first-order chi connectivity index (χ1) is 10.0. The molecule has 4 heteroatoms. The number of benzene rings is 1. The molecule has 1 saturated heterocycles. The highest BCUT2D eigenvalue weighted by Gasteiger charge is 2.25. The van der Waals surface area contributed by atoms with Crippen LogP contribution in [0, 0.1) is 11.8 Å². The summed E-state index contributed by atoms with van der Waals surface area (Å²) in [6, 6.07) is 8.15. The van der Waals surface area contributed by atoms with Gasteiger partial charge in [0.05, 0.1) is 5.69 Å². The van der Waals surface area contributed by atoms with Gasteiger partial charge in [0.1, 0.15) is 0 Å². The average Bonchev–Trinajstić information content (AvgIpc) is 2.75. The lowest BCUT2D eigenvalue weighted by molar-refractivity contribution is 0.156. The lowest BCUT2D eigenvalue weighted by Crippen LogP contribution is -2.44. The molecule has 2 amide bonds. The highest BCUT2D eigenvalue weighted by atomic mass is 16.2. The molecule has 0 unspecified atom stereocenters. The van der Waals surface area contributed by atoms with Crippen LogP contribution in [0.15, 0.2) is 30.5 Å². The average molecular weight is 285 g/mol. The topological polar surface area (TPSA) is 37.3 Å². The van der Waals surface area contributed by atoms with Gasteiger partial charge >= 0.3 is 6.03 Å². The first-order valence-corrected chi connectivity index (χ1v) is 7.64. The van der Waals surface area contributed by atoms with Gasteiger partial charge < -0.3 is 14.8 Å². The Morgan fingerprint density at radius 1 is 1.19 bits per heavy atom. The number of rotatable bonds is 1. The minimum Gasteiger partial charge on any atom is -0.348 e. The quantitative estimate of drug-likeness (QED) is 0.852. The molecule has 0 saturated carbocycles. The second-order valence-corrected chi connectivity index (χ2v) is 6.45. The Morgan fingerprint density at radius 3 is 2.57 bits per heavy atom. The molecular weight excluding hydrogens is 262 g/mol. The van der Waals surface area contributed by atoms with E-state index in [1.165, 1.54) is 6.42 Å². The number of likely N-dealkylation sites (tertiary alicyclic amines) is 1. The molecular formula is C17H23N3O. The van der Waals surface area contributed by atoms with E-state index in [1.54, 1.807) is 0 Å². The molecule has 2 aromatic rings. The number of anilines is 1. The van der Waals surface area contributed by atoms with Crippen LogP contribution in [-0.2, 0) is 7.05 Å². The molecule has 21 heavy (non-hydrogen) atoms. The summed E-state index contributed by atoms with van der Waals surface area (Å²) in [5.74, 6) is 1.15. The van der Waals surface area contributed by atoms with Gasteiger partial charge in [-0.2, -0.15) is 0 Å². The molecule has 3 rings (SSSR count). The normalized spacial score (nSPS) is 22.5. The highest BCUT2D eigenvalue weighted by Crippen LogP contribution is 2.26.